The van der Waals surface area contributed by atoms with Gasteiger partial charge in [0.2, 0.25) is 0 Å². The lowest BCUT2D eigenvalue weighted by atomic mass is 9.90. The number of nitrogens with zero attached hydrogens (tertiary/aromatic N) is 1. The fraction of sp³-hybridized carbons (Fsp3) is 0.0690. The van der Waals surface area contributed by atoms with Crippen molar-refractivity contribution in [3.63, 3.8) is 0 Å². The Bertz CT molecular complexity index is 1540. The maximum atomic E-state index is 5.25. The van der Waals surface area contributed by atoms with Crippen LogP contribution in [0.4, 0.5) is 5.69 Å². The third-order valence-electron chi connectivity index (χ3n) is 6.78. The van der Waals surface area contributed by atoms with Crippen LogP contribution in [0.1, 0.15) is 28.9 Å². The minimum Gasteiger partial charge on any atom is -0.377 e. The Hall–Kier alpha value is -4.11. The van der Waals surface area contributed by atoms with Crippen LogP contribution in [0, 0.1) is 0 Å². The van der Waals surface area contributed by atoms with Gasteiger partial charge in [-0.15, -0.1) is 0 Å². The first kappa shape index (κ1) is 17.6. The molecule has 0 saturated heterocycles. The van der Waals surface area contributed by atoms with Crippen LogP contribution in [-0.4, -0.2) is 9.97 Å². The molecule has 2 unspecified atom stereocenters. The zero-order chi connectivity index (χ0) is 21.1. The van der Waals surface area contributed by atoms with Gasteiger partial charge in [-0.3, -0.25) is 0 Å². The van der Waals surface area contributed by atoms with Crippen LogP contribution in [0.15, 0.2) is 103 Å². The van der Waals surface area contributed by atoms with E-state index in [0.717, 1.165) is 16.9 Å². The number of H-pyrrole nitrogens is 1. The van der Waals surface area contributed by atoms with Gasteiger partial charge in [0.15, 0.2) is 0 Å². The van der Waals surface area contributed by atoms with E-state index in [1.165, 1.54) is 38.4 Å². The first-order valence-corrected chi connectivity index (χ1v) is 11.1. The van der Waals surface area contributed by atoms with Gasteiger partial charge in [-0.05, 0) is 28.0 Å². The number of anilines is 1. The number of aromatic nitrogens is 2. The van der Waals surface area contributed by atoms with Crippen LogP contribution in [-0.2, 0) is 0 Å². The summed E-state index contributed by atoms with van der Waals surface area (Å²) in [6.07, 6.45) is 0. The third-order valence-corrected chi connectivity index (χ3v) is 6.78. The number of benzene rings is 5. The minimum atomic E-state index is 0.110. The van der Waals surface area contributed by atoms with Crippen molar-refractivity contribution in [1.29, 1.82) is 0 Å². The fourth-order valence-corrected chi connectivity index (χ4v) is 5.36. The average molecular weight is 412 g/mol. The SMILES string of the molecule is c1ccc(C2Nc3ccccc3C2c2nc3c4ccccc4c4ccccc4c3[nH]2)cc1. The summed E-state index contributed by atoms with van der Waals surface area (Å²) in [5, 5.41) is 8.68. The molecule has 3 heteroatoms. The van der Waals surface area contributed by atoms with Gasteiger partial charge in [0.1, 0.15) is 5.82 Å². The van der Waals surface area contributed by atoms with E-state index in [1.807, 2.05) is 0 Å². The second-order valence-corrected chi connectivity index (χ2v) is 8.53. The van der Waals surface area contributed by atoms with Crippen molar-refractivity contribution in [1.82, 2.24) is 9.97 Å². The number of fused-ring (bicyclic) bond motifs is 7. The van der Waals surface area contributed by atoms with Crippen molar-refractivity contribution in [2.75, 3.05) is 5.32 Å². The highest BCUT2D eigenvalue weighted by molar-refractivity contribution is 6.23. The Morgan fingerprint density at radius 2 is 1.22 bits per heavy atom. The maximum Gasteiger partial charge on any atom is 0.117 e. The Morgan fingerprint density at radius 3 is 2.03 bits per heavy atom. The smallest absolute Gasteiger partial charge is 0.117 e. The molecule has 0 bridgehead atoms. The lowest BCUT2D eigenvalue weighted by molar-refractivity contribution is 0.680. The Kier molecular flexibility index (Phi) is 3.67. The summed E-state index contributed by atoms with van der Waals surface area (Å²) in [5.74, 6) is 1.12. The second-order valence-electron chi connectivity index (χ2n) is 8.53. The van der Waals surface area contributed by atoms with Crippen molar-refractivity contribution in [2.45, 2.75) is 12.0 Å². The predicted molar refractivity (Wildman–Crippen MR) is 132 cm³/mol. The molecule has 0 fully saturated rings. The largest absolute Gasteiger partial charge is 0.377 e. The Balaban J connectivity index is 1.53. The van der Waals surface area contributed by atoms with Crippen LogP contribution in [0.2, 0.25) is 0 Å². The number of nitrogens with one attached hydrogen (secondary N) is 2. The molecule has 0 aliphatic carbocycles. The molecule has 1 aromatic heterocycles. The zero-order valence-electron chi connectivity index (χ0n) is 17.4. The van der Waals surface area contributed by atoms with Crippen molar-refractivity contribution in [3.8, 4) is 0 Å². The lowest BCUT2D eigenvalue weighted by Gasteiger charge is -2.19. The van der Waals surface area contributed by atoms with Crippen molar-refractivity contribution in [2.24, 2.45) is 0 Å². The van der Waals surface area contributed by atoms with Gasteiger partial charge in [0.25, 0.3) is 0 Å². The van der Waals surface area contributed by atoms with E-state index in [4.69, 9.17) is 4.98 Å². The molecule has 7 rings (SSSR count). The van der Waals surface area contributed by atoms with E-state index >= 15 is 0 Å². The summed E-state index contributed by atoms with van der Waals surface area (Å²) in [7, 11) is 0. The van der Waals surface area contributed by atoms with Crippen molar-refractivity contribution in [3.05, 3.63) is 120 Å². The number of hydrogen-bond acceptors (Lipinski definition) is 2. The van der Waals surface area contributed by atoms with E-state index in [2.05, 4.69) is 113 Å². The predicted octanol–water partition coefficient (Wildman–Crippen LogP) is 7.17. The van der Waals surface area contributed by atoms with Crippen LogP contribution in [0.5, 0.6) is 0 Å². The number of imidazole rings is 1. The van der Waals surface area contributed by atoms with Crippen molar-refractivity contribution < 1.29 is 0 Å². The normalized spacial score (nSPS) is 17.6. The summed E-state index contributed by atoms with van der Waals surface area (Å²) < 4.78 is 0. The van der Waals surface area contributed by atoms with Gasteiger partial charge in [0, 0.05) is 16.5 Å². The molecule has 3 nitrogen and oxygen atoms in total. The molecule has 5 aromatic carbocycles. The van der Waals surface area contributed by atoms with Crippen LogP contribution >= 0.6 is 0 Å². The van der Waals surface area contributed by atoms with Gasteiger partial charge < -0.3 is 10.3 Å². The first-order valence-electron chi connectivity index (χ1n) is 11.1. The Morgan fingerprint density at radius 1 is 0.594 bits per heavy atom. The molecule has 0 saturated carbocycles. The molecule has 0 amide bonds. The monoisotopic (exact) mass is 411 g/mol. The molecule has 0 radical (unpaired) electrons. The van der Waals surface area contributed by atoms with Gasteiger partial charge in [-0.25, -0.2) is 4.98 Å². The van der Waals surface area contributed by atoms with Crippen LogP contribution < -0.4 is 5.32 Å². The summed E-state index contributed by atoms with van der Waals surface area (Å²) in [5.41, 5.74) is 5.90. The molecule has 2 N–H and O–H groups in total. The number of para-hydroxylation sites is 1. The zero-order valence-corrected chi connectivity index (χ0v) is 17.4. The third kappa shape index (κ3) is 2.45. The average Bonchev–Trinajstić information content (AvgIpc) is 3.47. The highest BCUT2D eigenvalue weighted by Gasteiger charge is 2.36. The molecule has 2 atom stereocenters. The fourth-order valence-electron chi connectivity index (χ4n) is 5.36. The summed E-state index contributed by atoms with van der Waals surface area (Å²) in [6.45, 7) is 0. The highest BCUT2D eigenvalue weighted by atomic mass is 15.0. The second kappa shape index (κ2) is 6.69. The molecule has 1 aliphatic rings. The topological polar surface area (TPSA) is 40.7 Å². The Labute approximate surface area is 185 Å². The van der Waals surface area contributed by atoms with E-state index in [-0.39, 0.29) is 12.0 Å². The molecule has 32 heavy (non-hydrogen) atoms. The van der Waals surface area contributed by atoms with Gasteiger partial charge in [-0.1, -0.05) is 97.1 Å². The van der Waals surface area contributed by atoms with Crippen molar-refractivity contribution >= 4 is 38.3 Å². The van der Waals surface area contributed by atoms with Crippen LogP contribution in [0.3, 0.4) is 0 Å². The number of rotatable bonds is 2. The highest BCUT2D eigenvalue weighted by Crippen LogP contribution is 2.47. The van der Waals surface area contributed by atoms with E-state index < -0.39 is 0 Å². The minimum absolute atomic E-state index is 0.110. The molecule has 1 aliphatic heterocycles. The molecular weight excluding hydrogens is 390 g/mol. The van der Waals surface area contributed by atoms with Gasteiger partial charge >= 0.3 is 0 Å². The molecule has 0 spiro atoms. The first-order chi connectivity index (χ1) is 15.9. The van der Waals surface area contributed by atoms with Crippen LogP contribution in [0.25, 0.3) is 32.6 Å². The molecule has 6 aromatic rings. The summed E-state index contributed by atoms with van der Waals surface area (Å²) in [6, 6.07) is 36.6. The molecule has 152 valence electrons. The van der Waals surface area contributed by atoms with Gasteiger partial charge in [-0.2, -0.15) is 0 Å². The summed E-state index contributed by atoms with van der Waals surface area (Å²) >= 11 is 0. The van der Waals surface area contributed by atoms with Gasteiger partial charge in [0.05, 0.1) is 23.0 Å². The standard InChI is InChI=1S/C29H21N3/c1-2-10-18(11-3-1)26-25(23-16-8-9-17-24(23)30-26)29-31-27-21-14-6-4-12-19(21)20-13-5-7-15-22(20)28(27)32-29/h1-17,25-26,30H,(H,31,32). The molecule has 2 heterocycles. The lowest BCUT2D eigenvalue weighted by Crippen LogP contribution is -2.13. The van der Waals surface area contributed by atoms with E-state index in [9.17, 15) is 0 Å². The number of aromatic amines is 1. The quantitative estimate of drug-likeness (QED) is 0.297. The van der Waals surface area contributed by atoms with E-state index in [0.29, 0.717) is 0 Å². The summed E-state index contributed by atoms with van der Waals surface area (Å²) in [4.78, 5) is 9.01. The number of hydrogen-bond donors (Lipinski definition) is 2. The van der Waals surface area contributed by atoms with E-state index in [1.54, 1.807) is 0 Å². The molecular formula is C29H21N3. The maximum absolute atomic E-state index is 5.25.